The number of aromatic nitrogens is 3. The fourth-order valence-electron chi connectivity index (χ4n) is 2.83. The third kappa shape index (κ3) is 4.54. The zero-order valence-electron chi connectivity index (χ0n) is 15.6. The quantitative estimate of drug-likeness (QED) is 0.503. The average molecular weight is 378 g/mol. The molecule has 4 aromatic rings. The molecule has 0 atom stereocenters. The van der Waals surface area contributed by atoms with E-state index in [2.05, 4.69) is 31.7 Å². The summed E-state index contributed by atoms with van der Waals surface area (Å²) in [5.41, 5.74) is 3.07. The van der Waals surface area contributed by atoms with E-state index >= 15 is 0 Å². The summed E-state index contributed by atoms with van der Waals surface area (Å²) in [6.07, 6.45) is 1.76. The van der Waals surface area contributed by atoms with Crippen LogP contribution in [0.3, 0.4) is 0 Å². The van der Waals surface area contributed by atoms with Gasteiger partial charge in [-0.3, -0.25) is 4.98 Å². The normalized spacial score (nSPS) is 10.2. The first-order valence-corrected chi connectivity index (χ1v) is 9.16. The minimum Gasteiger partial charge on any atom is -0.364 e. The van der Waals surface area contributed by atoms with Gasteiger partial charge in [-0.05, 0) is 24.3 Å². The highest BCUT2D eigenvalue weighted by Crippen LogP contribution is 2.24. The van der Waals surface area contributed by atoms with Gasteiger partial charge in [0.15, 0.2) is 5.82 Å². The number of nitrogens with one attached hydrogen (secondary N) is 2. The van der Waals surface area contributed by atoms with Crippen molar-refractivity contribution in [2.75, 3.05) is 10.6 Å². The van der Waals surface area contributed by atoms with Gasteiger partial charge in [0.1, 0.15) is 17.7 Å². The molecule has 6 nitrogen and oxygen atoms in total. The van der Waals surface area contributed by atoms with Crippen LogP contribution in [-0.2, 0) is 6.54 Å². The van der Waals surface area contributed by atoms with Gasteiger partial charge in [-0.1, -0.05) is 48.5 Å². The van der Waals surface area contributed by atoms with E-state index in [-0.39, 0.29) is 0 Å². The Balaban J connectivity index is 1.67. The number of pyridine rings is 1. The van der Waals surface area contributed by atoms with Crippen LogP contribution in [0, 0.1) is 11.3 Å². The second-order valence-electron chi connectivity index (χ2n) is 6.29. The molecular formula is C23H18N6. The summed E-state index contributed by atoms with van der Waals surface area (Å²) in [5.74, 6) is 1.86. The van der Waals surface area contributed by atoms with Gasteiger partial charge in [0.05, 0.1) is 23.5 Å². The van der Waals surface area contributed by atoms with Crippen molar-refractivity contribution in [3.05, 3.63) is 96.3 Å². The van der Waals surface area contributed by atoms with E-state index in [1.807, 2.05) is 72.8 Å². The number of hydrogen-bond donors (Lipinski definition) is 2. The topological polar surface area (TPSA) is 86.5 Å². The molecule has 0 radical (unpaired) electrons. The number of nitrogens with zero attached hydrogens (tertiary/aromatic N) is 4. The Morgan fingerprint density at radius 1 is 0.828 bits per heavy atom. The van der Waals surface area contributed by atoms with E-state index < -0.39 is 0 Å². The van der Waals surface area contributed by atoms with Crippen molar-refractivity contribution < 1.29 is 0 Å². The smallest absolute Gasteiger partial charge is 0.163 e. The molecule has 2 heterocycles. The fourth-order valence-corrected chi connectivity index (χ4v) is 2.83. The highest BCUT2D eigenvalue weighted by atomic mass is 15.1. The van der Waals surface area contributed by atoms with Crippen LogP contribution in [0.4, 0.5) is 17.3 Å². The number of rotatable bonds is 6. The van der Waals surface area contributed by atoms with Crippen molar-refractivity contribution >= 4 is 17.3 Å². The lowest BCUT2D eigenvalue weighted by atomic mass is 10.2. The maximum atomic E-state index is 9.35. The monoisotopic (exact) mass is 378 g/mol. The molecule has 2 N–H and O–H groups in total. The maximum absolute atomic E-state index is 9.35. The third-order valence-electron chi connectivity index (χ3n) is 4.25. The lowest BCUT2D eigenvalue weighted by Gasteiger charge is -2.12. The van der Waals surface area contributed by atoms with Crippen LogP contribution in [0.15, 0.2) is 85.1 Å². The zero-order valence-corrected chi connectivity index (χ0v) is 15.6. The Hall–Kier alpha value is -4.24. The van der Waals surface area contributed by atoms with Gasteiger partial charge in [0, 0.05) is 17.8 Å². The molecule has 4 rings (SSSR count). The average Bonchev–Trinajstić information content (AvgIpc) is 2.79. The molecule has 0 aliphatic heterocycles. The van der Waals surface area contributed by atoms with Gasteiger partial charge in [0.25, 0.3) is 0 Å². The summed E-state index contributed by atoms with van der Waals surface area (Å²) < 4.78 is 0. The van der Waals surface area contributed by atoms with Crippen molar-refractivity contribution in [1.82, 2.24) is 15.0 Å². The predicted molar refractivity (Wildman–Crippen MR) is 113 cm³/mol. The highest BCUT2D eigenvalue weighted by molar-refractivity contribution is 5.68. The van der Waals surface area contributed by atoms with Crippen LogP contribution >= 0.6 is 0 Å². The number of benzene rings is 2. The molecule has 0 amide bonds. The van der Waals surface area contributed by atoms with E-state index in [1.54, 1.807) is 12.3 Å². The molecular weight excluding hydrogens is 360 g/mol. The Morgan fingerprint density at radius 2 is 1.59 bits per heavy atom. The molecule has 29 heavy (non-hydrogen) atoms. The second-order valence-corrected chi connectivity index (χ2v) is 6.29. The first-order valence-electron chi connectivity index (χ1n) is 9.16. The number of nitriles is 1. The molecule has 0 saturated heterocycles. The molecule has 0 aliphatic carbocycles. The predicted octanol–water partition coefficient (Wildman–Crippen LogP) is 4.77. The number of hydrogen-bond acceptors (Lipinski definition) is 6. The first kappa shape index (κ1) is 18.1. The Kier molecular flexibility index (Phi) is 5.40. The van der Waals surface area contributed by atoms with Gasteiger partial charge in [0.2, 0.25) is 0 Å². The first-order chi connectivity index (χ1) is 14.3. The molecule has 0 saturated carbocycles. The van der Waals surface area contributed by atoms with Crippen molar-refractivity contribution in [2.45, 2.75) is 6.54 Å². The van der Waals surface area contributed by atoms with Gasteiger partial charge >= 0.3 is 0 Å². The van der Waals surface area contributed by atoms with E-state index in [4.69, 9.17) is 0 Å². The Morgan fingerprint density at radius 3 is 2.38 bits per heavy atom. The Bertz CT molecular complexity index is 1140. The van der Waals surface area contributed by atoms with Crippen molar-refractivity contribution in [3.8, 4) is 17.5 Å². The minimum atomic E-state index is 0.542. The SMILES string of the molecule is N#Cc1ccccc1Nc1cc(NCc2ccccn2)nc(-c2ccccc2)n1. The molecule has 0 unspecified atom stereocenters. The van der Waals surface area contributed by atoms with E-state index in [1.165, 1.54) is 0 Å². The van der Waals surface area contributed by atoms with Crippen LogP contribution in [0.1, 0.15) is 11.3 Å². The molecule has 0 spiro atoms. The zero-order chi connectivity index (χ0) is 19.9. The molecule has 140 valence electrons. The van der Waals surface area contributed by atoms with Gasteiger partial charge in [-0.2, -0.15) is 5.26 Å². The van der Waals surface area contributed by atoms with E-state index in [0.717, 1.165) is 11.3 Å². The van der Waals surface area contributed by atoms with Gasteiger partial charge < -0.3 is 10.6 Å². The van der Waals surface area contributed by atoms with Crippen LogP contribution in [-0.4, -0.2) is 15.0 Å². The summed E-state index contributed by atoms with van der Waals surface area (Å²) in [5, 5.41) is 15.9. The largest absolute Gasteiger partial charge is 0.364 e. The summed E-state index contributed by atoms with van der Waals surface area (Å²) in [6, 6.07) is 26.9. The summed E-state index contributed by atoms with van der Waals surface area (Å²) in [4.78, 5) is 13.6. The van der Waals surface area contributed by atoms with Crippen molar-refractivity contribution in [2.24, 2.45) is 0 Å². The minimum absolute atomic E-state index is 0.542. The van der Waals surface area contributed by atoms with Crippen molar-refractivity contribution in [1.29, 1.82) is 5.26 Å². The third-order valence-corrected chi connectivity index (χ3v) is 4.25. The molecule has 0 fully saturated rings. The van der Waals surface area contributed by atoms with Crippen molar-refractivity contribution in [3.63, 3.8) is 0 Å². The standard InChI is InChI=1S/C23H18N6/c24-15-18-10-4-5-12-20(18)27-22-14-21(26-16-19-11-6-7-13-25-19)28-23(29-22)17-8-2-1-3-9-17/h1-14H,16H2,(H2,26,27,28,29). The number of anilines is 3. The summed E-state index contributed by atoms with van der Waals surface area (Å²) in [6.45, 7) is 0.542. The van der Waals surface area contributed by atoms with E-state index in [9.17, 15) is 5.26 Å². The molecule has 2 aromatic heterocycles. The molecule has 0 aliphatic rings. The summed E-state index contributed by atoms with van der Waals surface area (Å²) in [7, 11) is 0. The van der Waals surface area contributed by atoms with Gasteiger partial charge in [-0.25, -0.2) is 9.97 Å². The van der Waals surface area contributed by atoms with E-state index in [0.29, 0.717) is 35.3 Å². The Labute approximate surface area is 168 Å². The van der Waals surface area contributed by atoms with Crippen LogP contribution < -0.4 is 10.6 Å². The maximum Gasteiger partial charge on any atom is 0.163 e. The molecule has 6 heteroatoms. The lowest BCUT2D eigenvalue weighted by molar-refractivity contribution is 1.02. The van der Waals surface area contributed by atoms with Crippen LogP contribution in [0.25, 0.3) is 11.4 Å². The summed E-state index contributed by atoms with van der Waals surface area (Å²) >= 11 is 0. The molecule has 2 aromatic carbocycles. The van der Waals surface area contributed by atoms with Crippen LogP contribution in [0.5, 0.6) is 0 Å². The van der Waals surface area contributed by atoms with Gasteiger partial charge in [-0.15, -0.1) is 0 Å². The highest BCUT2D eigenvalue weighted by Gasteiger charge is 2.09. The second kappa shape index (κ2) is 8.63. The number of para-hydroxylation sites is 1. The van der Waals surface area contributed by atoms with Crippen LogP contribution in [0.2, 0.25) is 0 Å². The lowest BCUT2D eigenvalue weighted by Crippen LogP contribution is -2.06. The molecule has 0 bridgehead atoms. The fraction of sp³-hybridized carbons (Fsp3) is 0.0435.